The van der Waals surface area contributed by atoms with E-state index in [1.165, 1.54) is 30.1 Å². The van der Waals surface area contributed by atoms with Crippen LogP contribution in [0.2, 0.25) is 5.02 Å². The zero-order valence-corrected chi connectivity index (χ0v) is 19.0. The van der Waals surface area contributed by atoms with Crippen molar-refractivity contribution in [3.05, 3.63) is 64.7 Å². The van der Waals surface area contributed by atoms with Gasteiger partial charge in [-0.25, -0.2) is 13.1 Å². The molecule has 0 aliphatic rings. The van der Waals surface area contributed by atoms with E-state index >= 15 is 0 Å². The maximum Gasteiger partial charge on any atom is 0.254 e. The molecule has 0 spiro atoms. The molecule has 0 aliphatic heterocycles. The molecule has 0 radical (unpaired) electrons. The molecular weight excluding hydrogens is 442 g/mol. The Kier molecular flexibility index (Phi) is 9.44. The van der Waals surface area contributed by atoms with Crippen LogP contribution in [0.4, 0.5) is 0 Å². The Bertz CT molecular complexity index is 999. The quantitative estimate of drug-likeness (QED) is 0.492. The van der Waals surface area contributed by atoms with Crippen LogP contribution in [0.5, 0.6) is 0 Å². The van der Waals surface area contributed by atoms with E-state index in [2.05, 4.69) is 10.0 Å². The highest BCUT2D eigenvalue weighted by Gasteiger charge is 2.22. The number of ether oxygens (including phenoxy) is 1. The van der Waals surface area contributed by atoms with Crippen LogP contribution in [-0.2, 0) is 26.1 Å². The first-order valence-electron chi connectivity index (χ1n) is 9.59. The lowest BCUT2D eigenvalue weighted by atomic mass is 10.2. The lowest BCUT2D eigenvalue weighted by Crippen LogP contribution is -2.39. The average Bonchev–Trinajstić information content (AvgIpc) is 2.76. The number of methoxy groups -OCH3 is 1. The number of halogens is 1. The number of likely N-dealkylation sites (N-methyl/N-ethyl adjacent to an activating group) is 1. The molecule has 2 aromatic carbocycles. The van der Waals surface area contributed by atoms with Gasteiger partial charge < -0.3 is 15.0 Å². The van der Waals surface area contributed by atoms with E-state index in [0.29, 0.717) is 19.6 Å². The molecule has 0 aliphatic carbocycles. The Morgan fingerprint density at radius 3 is 2.52 bits per heavy atom. The summed E-state index contributed by atoms with van der Waals surface area (Å²) in [6.07, 6.45) is 0.661. The van der Waals surface area contributed by atoms with Gasteiger partial charge in [0.05, 0.1) is 11.6 Å². The van der Waals surface area contributed by atoms with Gasteiger partial charge in [-0.2, -0.15) is 0 Å². The molecule has 2 amide bonds. The summed E-state index contributed by atoms with van der Waals surface area (Å²) in [5, 5.41) is 2.69. The van der Waals surface area contributed by atoms with E-state index in [1.54, 1.807) is 31.4 Å². The second kappa shape index (κ2) is 11.8. The standard InChI is InChI=1S/C21H26ClN3O5S/c1-25(15-20(26)23-11-6-12-30-2)21(27)17-9-10-18(22)19(13-17)31(28,29)24-14-16-7-4-3-5-8-16/h3-5,7-10,13,24H,6,11-12,14-15H2,1-2H3,(H,23,26). The van der Waals surface area contributed by atoms with Gasteiger partial charge in [0.1, 0.15) is 4.90 Å². The lowest BCUT2D eigenvalue weighted by Gasteiger charge is -2.18. The van der Waals surface area contributed by atoms with Gasteiger partial charge in [-0.1, -0.05) is 41.9 Å². The Balaban J connectivity index is 2.06. The largest absolute Gasteiger partial charge is 0.385 e. The number of hydrogen-bond acceptors (Lipinski definition) is 5. The Morgan fingerprint density at radius 1 is 1.13 bits per heavy atom. The number of hydrogen-bond donors (Lipinski definition) is 2. The van der Waals surface area contributed by atoms with Crippen molar-refractivity contribution in [1.82, 2.24) is 14.9 Å². The van der Waals surface area contributed by atoms with Crippen LogP contribution in [0.3, 0.4) is 0 Å². The Labute approximate surface area is 187 Å². The van der Waals surface area contributed by atoms with Crippen molar-refractivity contribution in [2.75, 3.05) is 33.9 Å². The van der Waals surface area contributed by atoms with Gasteiger partial charge in [0.25, 0.3) is 5.91 Å². The molecule has 0 atom stereocenters. The zero-order chi connectivity index (χ0) is 22.9. The van der Waals surface area contributed by atoms with Gasteiger partial charge >= 0.3 is 0 Å². The highest BCUT2D eigenvalue weighted by atomic mass is 35.5. The first kappa shape index (κ1) is 24.8. The van der Waals surface area contributed by atoms with Gasteiger partial charge in [-0.15, -0.1) is 0 Å². The number of carbonyl (C=O) groups excluding carboxylic acids is 2. The summed E-state index contributed by atoms with van der Waals surface area (Å²) in [7, 11) is -0.914. The molecule has 2 rings (SSSR count). The van der Waals surface area contributed by atoms with Crippen molar-refractivity contribution in [3.63, 3.8) is 0 Å². The molecule has 2 N–H and O–H groups in total. The highest BCUT2D eigenvalue weighted by Crippen LogP contribution is 2.23. The maximum atomic E-state index is 12.7. The zero-order valence-electron chi connectivity index (χ0n) is 17.4. The van der Waals surface area contributed by atoms with Crippen molar-refractivity contribution >= 4 is 33.4 Å². The van der Waals surface area contributed by atoms with Crippen LogP contribution in [0.15, 0.2) is 53.4 Å². The second-order valence-corrected chi connectivity index (χ2v) is 8.96. The summed E-state index contributed by atoms with van der Waals surface area (Å²) in [5.41, 5.74) is 0.893. The normalized spacial score (nSPS) is 11.2. The number of carbonyl (C=O) groups is 2. The van der Waals surface area contributed by atoms with Crippen molar-refractivity contribution in [1.29, 1.82) is 0 Å². The molecule has 31 heavy (non-hydrogen) atoms. The van der Waals surface area contributed by atoms with E-state index in [1.807, 2.05) is 6.07 Å². The Morgan fingerprint density at radius 2 is 1.84 bits per heavy atom. The third kappa shape index (κ3) is 7.62. The van der Waals surface area contributed by atoms with Crippen LogP contribution < -0.4 is 10.0 Å². The SMILES string of the molecule is COCCCNC(=O)CN(C)C(=O)c1ccc(Cl)c(S(=O)(=O)NCc2ccccc2)c1. The molecule has 0 fully saturated rings. The smallest absolute Gasteiger partial charge is 0.254 e. The van der Waals surface area contributed by atoms with Crippen molar-refractivity contribution in [2.45, 2.75) is 17.9 Å². The van der Waals surface area contributed by atoms with E-state index in [9.17, 15) is 18.0 Å². The second-order valence-electron chi connectivity index (χ2n) is 6.81. The van der Waals surface area contributed by atoms with Crippen molar-refractivity contribution < 1.29 is 22.7 Å². The number of nitrogens with zero attached hydrogens (tertiary/aromatic N) is 1. The molecule has 0 unspecified atom stereocenters. The predicted molar refractivity (Wildman–Crippen MR) is 118 cm³/mol. The molecule has 10 heteroatoms. The van der Waals surface area contributed by atoms with Crippen molar-refractivity contribution in [3.8, 4) is 0 Å². The van der Waals surface area contributed by atoms with E-state index in [4.69, 9.17) is 16.3 Å². The minimum absolute atomic E-state index is 0.00403. The molecular formula is C21H26ClN3O5S. The van der Waals surface area contributed by atoms with Gasteiger partial charge in [0.15, 0.2) is 0 Å². The van der Waals surface area contributed by atoms with Crippen LogP contribution >= 0.6 is 11.6 Å². The molecule has 0 heterocycles. The van der Waals surface area contributed by atoms with Gasteiger partial charge in [-0.3, -0.25) is 9.59 Å². The molecule has 168 valence electrons. The van der Waals surface area contributed by atoms with E-state index < -0.39 is 15.9 Å². The molecule has 0 saturated heterocycles. The van der Waals surface area contributed by atoms with Crippen LogP contribution in [0, 0.1) is 0 Å². The summed E-state index contributed by atoms with van der Waals surface area (Å²) in [4.78, 5) is 25.7. The van der Waals surface area contributed by atoms with Gasteiger partial charge in [-0.05, 0) is 30.2 Å². The summed E-state index contributed by atoms with van der Waals surface area (Å²) >= 11 is 6.10. The van der Waals surface area contributed by atoms with E-state index in [0.717, 1.165) is 5.56 Å². The third-order valence-corrected chi connectivity index (χ3v) is 6.23. The topological polar surface area (TPSA) is 105 Å². The fraction of sp³-hybridized carbons (Fsp3) is 0.333. The summed E-state index contributed by atoms with van der Waals surface area (Å²) in [6, 6.07) is 13.0. The Hall–Kier alpha value is -2.46. The lowest BCUT2D eigenvalue weighted by molar-refractivity contribution is -0.121. The van der Waals surface area contributed by atoms with Crippen LogP contribution in [0.25, 0.3) is 0 Å². The van der Waals surface area contributed by atoms with Crippen LogP contribution in [-0.4, -0.2) is 59.0 Å². The predicted octanol–water partition coefficient (Wildman–Crippen LogP) is 2.04. The van der Waals surface area contributed by atoms with Gasteiger partial charge in [0.2, 0.25) is 15.9 Å². The summed E-state index contributed by atoms with van der Waals surface area (Å²) in [6.45, 7) is 0.879. The number of sulfonamides is 1. The maximum absolute atomic E-state index is 12.7. The average molecular weight is 468 g/mol. The number of amides is 2. The van der Waals surface area contributed by atoms with E-state index in [-0.39, 0.29) is 34.5 Å². The minimum atomic E-state index is -3.96. The van der Waals surface area contributed by atoms with Crippen LogP contribution in [0.1, 0.15) is 22.3 Å². The fourth-order valence-electron chi connectivity index (χ4n) is 2.70. The minimum Gasteiger partial charge on any atom is -0.385 e. The summed E-state index contributed by atoms with van der Waals surface area (Å²) in [5.74, 6) is -0.818. The fourth-order valence-corrected chi connectivity index (χ4v) is 4.24. The molecule has 0 aromatic heterocycles. The highest BCUT2D eigenvalue weighted by molar-refractivity contribution is 7.89. The number of nitrogens with one attached hydrogen (secondary N) is 2. The number of rotatable bonds is 11. The van der Waals surface area contributed by atoms with Gasteiger partial charge in [0, 0.05) is 39.4 Å². The molecule has 0 saturated carbocycles. The first-order valence-corrected chi connectivity index (χ1v) is 11.4. The molecule has 0 bridgehead atoms. The monoisotopic (exact) mass is 467 g/mol. The summed E-state index contributed by atoms with van der Waals surface area (Å²) < 4.78 is 32.8. The first-order chi connectivity index (χ1) is 14.7. The molecule has 8 nitrogen and oxygen atoms in total. The third-order valence-electron chi connectivity index (χ3n) is 4.35. The van der Waals surface area contributed by atoms with Crippen molar-refractivity contribution in [2.24, 2.45) is 0 Å². The number of benzene rings is 2. The molecule has 2 aromatic rings.